The van der Waals surface area contributed by atoms with E-state index in [1.165, 1.54) is 0 Å². The second-order valence-corrected chi connectivity index (χ2v) is 5.50. The van der Waals surface area contributed by atoms with Crippen LogP contribution < -0.4 is 0 Å². The molecule has 0 saturated carbocycles. The van der Waals surface area contributed by atoms with Crippen molar-refractivity contribution in [3.8, 4) is 11.3 Å². The van der Waals surface area contributed by atoms with E-state index in [0.29, 0.717) is 6.42 Å². The van der Waals surface area contributed by atoms with E-state index in [1.54, 1.807) is 11.9 Å². The first-order valence-corrected chi connectivity index (χ1v) is 7.57. The lowest BCUT2D eigenvalue weighted by Gasteiger charge is -2.23. The van der Waals surface area contributed by atoms with Crippen molar-refractivity contribution in [1.29, 1.82) is 0 Å². The molecule has 1 amide bonds. The number of nitrogens with one attached hydrogen (secondary N) is 1. The zero-order chi connectivity index (χ0) is 16.8. The van der Waals surface area contributed by atoms with Crippen LogP contribution in [0.2, 0.25) is 0 Å². The Hall–Kier alpha value is -2.63. The molecule has 0 aliphatic carbocycles. The molecule has 0 aliphatic rings. The maximum atomic E-state index is 12.1. The third-order valence-electron chi connectivity index (χ3n) is 3.87. The van der Waals surface area contributed by atoms with E-state index in [4.69, 9.17) is 5.11 Å². The molecule has 0 spiro atoms. The molecule has 0 fully saturated rings. The van der Waals surface area contributed by atoms with Gasteiger partial charge in [0.15, 0.2) is 0 Å². The van der Waals surface area contributed by atoms with Gasteiger partial charge in [0.1, 0.15) is 0 Å². The zero-order valence-corrected chi connectivity index (χ0v) is 13.3. The van der Waals surface area contributed by atoms with Gasteiger partial charge in [0, 0.05) is 25.5 Å². The number of hydrogen-bond donors (Lipinski definition) is 2. The molecule has 2 N–H and O–H groups in total. The van der Waals surface area contributed by atoms with Gasteiger partial charge in [-0.1, -0.05) is 30.3 Å². The summed E-state index contributed by atoms with van der Waals surface area (Å²) in [4.78, 5) is 24.2. The van der Waals surface area contributed by atoms with Gasteiger partial charge in [0.05, 0.1) is 17.4 Å². The minimum atomic E-state index is -0.880. The van der Waals surface area contributed by atoms with Gasteiger partial charge in [-0.15, -0.1) is 0 Å². The van der Waals surface area contributed by atoms with Gasteiger partial charge in [0.2, 0.25) is 5.91 Å². The Morgan fingerprint density at radius 3 is 2.61 bits per heavy atom. The number of benzene rings is 1. The minimum absolute atomic E-state index is 0.0101. The Kier molecular flexibility index (Phi) is 5.51. The molecule has 2 rings (SSSR count). The van der Waals surface area contributed by atoms with E-state index in [2.05, 4.69) is 10.2 Å². The van der Waals surface area contributed by atoms with Crippen molar-refractivity contribution < 1.29 is 14.7 Å². The number of carboxylic acids is 1. The molecule has 6 heteroatoms. The fraction of sp³-hybridized carbons (Fsp3) is 0.353. The predicted molar refractivity (Wildman–Crippen MR) is 86.7 cm³/mol. The minimum Gasteiger partial charge on any atom is -0.481 e. The zero-order valence-electron chi connectivity index (χ0n) is 13.3. The molecule has 0 saturated heterocycles. The van der Waals surface area contributed by atoms with Gasteiger partial charge < -0.3 is 10.0 Å². The number of H-pyrrole nitrogens is 1. The maximum absolute atomic E-state index is 12.1. The van der Waals surface area contributed by atoms with Crippen molar-refractivity contribution in [3.05, 3.63) is 42.1 Å². The lowest BCUT2D eigenvalue weighted by atomic mass is 10.1. The average molecular weight is 315 g/mol. The summed E-state index contributed by atoms with van der Waals surface area (Å²) in [5.74, 6) is -0.954. The van der Waals surface area contributed by atoms with Crippen molar-refractivity contribution in [1.82, 2.24) is 15.1 Å². The van der Waals surface area contributed by atoms with Gasteiger partial charge >= 0.3 is 5.97 Å². The Labute approximate surface area is 135 Å². The van der Waals surface area contributed by atoms with Crippen LogP contribution in [0, 0.1) is 0 Å². The molecule has 1 aromatic heterocycles. The molecule has 1 aromatic carbocycles. The Bertz CT molecular complexity index is 667. The van der Waals surface area contributed by atoms with Crippen molar-refractivity contribution in [3.63, 3.8) is 0 Å². The second kappa shape index (κ2) is 7.58. The summed E-state index contributed by atoms with van der Waals surface area (Å²) in [7, 11) is 1.72. The van der Waals surface area contributed by atoms with Gasteiger partial charge in [-0.3, -0.25) is 14.7 Å². The first-order chi connectivity index (χ1) is 11.0. The predicted octanol–water partition coefficient (Wildman–Crippen LogP) is 2.85. The van der Waals surface area contributed by atoms with E-state index in [-0.39, 0.29) is 24.8 Å². The summed E-state index contributed by atoms with van der Waals surface area (Å²) in [6, 6.07) is 11.6. The van der Waals surface area contributed by atoms with Gasteiger partial charge in [-0.05, 0) is 19.4 Å². The third kappa shape index (κ3) is 4.42. The highest BCUT2D eigenvalue weighted by molar-refractivity contribution is 5.77. The number of hydrogen-bond acceptors (Lipinski definition) is 3. The lowest BCUT2D eigenvalue weighted by Crippen LogP contribution is -2.29. The molecule has 23 heavy (non-hydrogen) atoms. The number of carbonyl (C=O) groups is 2. The second-order valence-electron chi connectivity index (χ2n) is 5.50. The van der Waals surface area contributed by atoms with E-state index in [9.17, 15) is 9.59 Å². The first-order valence-electron chi connectivity index (χ1n) is 7.57. The first kappa shape index (κ1) is 16.7. The van der Waals surface area contributed by atoms with E-state index < -0.39 is 5.97 Å². The summed E-state index contributed by atoms with van der Waals surface area (Å²) in [6.07, 6.45) is 0.590. The van der Waals surface area contributed by atoms with Crippen molar-refractivity contribution in [2.45, 2.75) is 32.2 Å². The fourth-order valence-corrected chi connectivity index (χ4v) is 2.30. The summed E-state index contributed by atoms with van der Waals surface area (Å²) in [6.45, 7) is 1.91. The standard InChI is InChI=1S/C17H21N3O3/c1-12(20(2)16(21)9-6-10-17(22)23)14-11-15(19-18-14)13-7-4-3-5-8-13/h3-5,7-8,11-12H,6,9-10H2,1-2H3,(H,18,19)(H,22,23). The number of carboxylic acid groups (broad SMARTS) is 1. The van der Waals surface area contributed by atoms with Gasteiger partial charge in [-0.2, -0.15) is 5.10 Å². The smallest absolute Gasteiger partial charge is 0.303 e. The van der Waals surface area contributed by atoms with Crippen LogP contribution in [0.1, 0.15) is 37.9 Å². The Morgan fingerprint density at radius 2 is 1.96 bits per heavy atom. The number of amides is 1. The van der Waals surface area contributed by atoms with E-state index in [1.807, 2.05) is 43.3 Å². The fourth-order valence-electron chi connectivity index (χ4n) is 2.30. The molecule has 6 nitrogen and oxygen atoms in total. The molecule has 122 valence electrons. The van der Waals surface area contributed by atoms with Crippen molar-refractivity contribution >= 4 is 11.9 Å². The molecule has 0 aliphatic heterocycles. The molecule has 1 unspecified atom stereocenters. The van der Waals surface area contributed by atoms with Crippen LogP contribution in [0.4, 0.5) is 0 Å². The summed E-state index contributed by atoms with van der Waals surface area (Å²) < 4.78 is 0. The van der Waals surface area contributed by atoms with Gasteiger partial charge in [0.25, 0.3) is 0 Å². The number of aromatic amines is 1. The monoisotopic (exact) mass is 315 g/mol. The summed E-state index contributed by atoms with van der Waals surface area (Å²) >= 11 is 0. The van der Waals surface area contributed by atoms with Crippen molar-refractivity contribution in [2.24, 2.45) is 0 Å². The summed E-state index contributed by atoms with van der Waals surface area (Å²) in [5.41, 5.74) is 2.69. The lowest BCUT2D eigenvalue weighted by molar-refractivity contribution is -0.137. The topological polar surface area (TPSA) is 86.3 Å². The molecular formula is C17H21N3O3. The Morgan fingerprint density at radius 1 is 1.26 bits per heavy atom. The summed E-state index contributed by atoms with van der Waals surface area (Å²) in [5, 5.41) is 15.9. The molecule has 0 radical (unpaired) electrons. The maximum Gasteiger partial charge on any atom is 0.303 e. The number of rotatable bonds is 7. The molecule has 1 heterocycles. The van der Waals surface area contributed by atoms with Crippen molar-refractivity contribution in [2.75, 3.05) is 7.05 Å². The van der Waals surface area contributed by atoms with Crippen LogP contribution in [0.3, 0.4) is 0 Å². The number of carbonyl (C=O) groups excluding carboxylic acids is 1. The largest absolute Gasteiger partial charge is 0.481 e. The number of aromatic nitrogens is 2. The number of aliphatic carboxylic acids is 1. The van der Waals surface area contributed by atoms with Gasteiger partial charge in [-0.25, -0.2) is 0 Å². The SMILES string of the molecule is CC(c1cc(-c2ccccc2)n[nH]1)N(C)C(=O)CCCC(=O)O. The van der Waals surface area contributed by atoms with Crippen LogP contribution in [0.15, 0.2) is 36.4 Å². The number of nitrogens with zero attached hydrogens (tertiary/aromatic N) is 2. The van der Waals surface area contributed by atoms with Crippen LogP contribution in [0.25, 0.3) is 11.3 Å². The molecule has 2 aromatic rings. The highest BCUT2D eigenvalue weighted by Crippen LogP contribution is 2.23. The van der Waals surface area contributed by atoms with Crippen LogP contribution >= 0.6 is 0 Å². The normalized spacial score (nSPS) is 11.9. The van der Waals surface area contributed by atoms with Crippen LogP contribution in [-0.2, 0) is 9.59 Å². The molecule has 0 bridgehead atoms. The van der Waals surface area contributed by atoms with Crippen LogP contribution in [-0.4, -0.2) is 39.1 Å². The quantitative estimate of drug-likeness (QED) is 0.822. The molecule has 1 atom stereocenters. The Balaban J connectivity index is 1.99. The third-order valence-corrected chi connectivity index (χ3v) is 3.87. The average Bonchev–Trinajstić information content (AvgIpc) is 3.03. The highest BCUT2D eigenvalue weighted by atomic mass is 16.4. The molecular weight excluding hydrogens is 294 g/mol. The van der Waals surface area contributed by atoms with E-state index >= 15 is 0 Å². The van der Waals surface area contributed by atoms with E-state index in [0.717, 1.165) is 17.0 Å². The highest BCUT2D eigenvalue weighted by Gasteiger charge is 2.19. The van der Waals surface area contributed by atoms with Crippen LogP contribution in [0.5, 0.6) is 0 Å².